The summed E-state index contributed by atoms with van der Waals surface area (Å²) >= 11 is 11.9. The monoisotopic (exact) mass is 307 g/mol. The van der Waals surface area contributed by atoms with Crippen molar-refractivity contribution in [3.63, 3.8) is 0 Å². The Morgan fingerprint density at radius 1 is 1.10 bits per heavy atom. The van der Waals surface area contributed by atoms with E-state index in [-0.39, 0.29) is 5.91 Å². The van der Waals surface area contributed by atoms with Crippen LogP contribution in [0.4, 0.5) is 5.69 Å². The van der Waals surface area contributed by atoms with Gasteiger partial charge in [0.15, 0.2) is 0 Å². The van der Waals surface area contributed by atoms with E-state index in [0.717, 1.165) is 16.8 Å². The van der Waals surface area contributed by atoms with E-state index in [1.165, 1.54) is 0 Å². The molecule has 0 radical (unpaired) electrons. The second kappa shape index (κ2) is 6.78. The first-order valence-electron chi connectivity index (χ1n) is 6.35. The van der Waals surface area contributed by atoms with Gasteiger partial charge in [-0.25, -0.2) is 0 Å². The lowest BCUT2D eigenvalue weighted by atomic mass is 10.1. The molecule has 1 amide bonds. The summed E-state index contributed by atoms with van der Waals surface area (Å²) in [7, 11) is 0. The predicted octanol–water partition coefficient (Wildman–Crippen LogP) is 4.87. The fraction of sp³-hybridized carbons (Fsp3) is 0.188. The van der Waals surface area contributed by atoms with Crippen LogP contribution in [0.5, 0.6) is 0 Å². The van der Waals surface area contributed by atoms with Crippen LogP contribution in [0.25, 0.3) is 0 Å². The summed E-state index contributed by atoms with van der Waals surface area (Å²) < 4.78 is 0. The topological polar surface area (TPSA) is 29.1 Å². The normalized spacial score (nSPS) is 10.3. The van der Waals surface area contributed by atoms with Gasteiger partial charge in [0.1, 0.15) is 0 Å². The molecule has 0 atom stereocenters. The molecule has 0 aliphatic carbocycles. The Kier molecular flexibility index (Phi) is 5.05. The molecule has 0 spiro atoms. The maximum atomic E-state index is 11.9. The molecule has 2 nitrogen and oxygen atoms in total. The predicted molar refractivity (Wildman–Crippen MR) is 84.6 cm³/mol. The van der Waals surface area contributed by atoms with Crippen molar-refractivity contribution in [2.75, 3.05) is 5.32 Å². The molecule has 104 valence electrons. The Bertz CT molecular complexity index is 608. The van der Waals surface area contributed by atoms with Crippen LogP contribution in [-0.4, -0.2) is 5.91 Å². The molecular formula is C16H15Cl2NO. The van der Waals surface area contributed by atoms with Gasteiger partial charge in [0.2, 0.25) is 5.91 Å². The average molecular weight is 308 g/mol. The molecule has 0 unspecified atom stereocenters. The van der Waals surface area contributed by atoms with Crippen molar-refractivity contribution in [3.05, 3.63) is 63.6 Å². The van der Waals surface area contributed by atoms with Crippen molar-refractivity contribution in [1.29, 1.82) is 0 Å². The van der Waals surface area contributed by atoms with Crippen LogP contribution < -0.4 is 5.32 Å². The summed E-state index contributed by atoms with van der Waals surface area (Å²) in [5.74, 6) is -0.0279. The lowest BCUT2D eigenvalue weighted by molar-refractivity contribution is -0.116. The van der Waals surface area contributed by atoms with Crippen LogP contribution in [0.3, 0.4) is 0 Å². The van der Waals surface area contributed by atoms with Crippen molar-refractivity contribution in [3.8, 4) is 0 Å². The number of carbonyl (C=O) groups is 1. The van der Waals surface area contributed by atoms with Gasteiger partial charge < -0.3 is 5.32 Å². The first-order valence-corrected chi connectivity index (χ1v) is 7.10. The quantitative estimate of drug-likeness (QED) is 0.857. The molecule has 1 N–H and O–H groups in total. The molecular weight excluding hydrogens is 293 g/mol. The number of carbonyl (C=O) groups excluding carboxylic acids is 1. The lowest BCUT2D eigenvalue weighted by Gasteiger charge is -2.07. The van der Waals surface area contributed by atoms with Crippen molar-refractivity contribution in [1.82, 2.24) is 0 Å². The zero-order chi connectivity index (χ0) is 14.5. The standard InChI is InChI=1S/C16H15Cl2NO/c1-11-2-7-14(8-3-11)19-16(20)9-5-12-4-6-13(17)10-15(12)18/h2-4,6-8,10H,5,9H2,1H3,(H,19,20). The van der Waals surface area contributed by atoms with E-state index >= 15 is 0 Å². The van der Waals surface area contributed by atoms with E-state index in [9.17, 15) is 4.79 Å². The SMILES string of the molecule is Cc1ccc(NC(=O)CCc2ccc(Cl)cc2Cl)cc1. The summed E-state index contributed by atoms with van der Waals surface area (Å²) in [5.41, 5.74) is 2.90. The number of halogens is 2. The summed E-state index contributed by atoms with van der Waals surface area (Å²) in [6.45, 7) is 2.01. The number of hydrogen-bond acceptors (Lipinski definition) is 1. The summed E-state index contributed by atoms with van der Waals surface area (Å²) in [6.07, 6.45) is 0.975. The minimum atomic E-state index is -0.0279. The van der Waals surface area contributed by atoms with E-state index in [2.05, 4.69) is 5.32 Å². The lowest BCUT2D eigenvalue weighted by Crippen LogP contribution is -2.12. The van der Waals surface area contributed by atoms with Gasteiger partial charge in [-0.3, -0.25) is 4.79 Å². The van der Waals surface area contributed by atoms with Gasteiger partial charge in [-0.05, 0) is 43.2 Å². The van der Waals surface area contributed by atoms with Crippen LogP contribution in [-0.2, 0) is 11.2 Å². The smallest absolute Gasteiger partial charge is 0.224 e. The molecule has 0 aliphatic heterocycles. The van der Waals surface area contributed by atoms with Gasteiger partial charge >= 0.3 is 0 Å². The highest BCUT2D eigenvalue weighted by Gasteiger charge is 2.06. The molecule has 0 saturated heterocycles. The first-order chi connectivity index (χ1) is 9.54. The highest BCUT2D eigenvalue weighted by atomic mass is 35.5. The van der Waals surface area contributed by atoms with E-state index < -0.39 is 0 Å². The summed E-state index contributed by atoms with van der Waals surface area (Å²) in [6, 6.07) is 13.0. The highest BCUT2D eigenvalue weighted by molar-refractivity contribution is 6.35. The minimum absolute atomic E-state index is 0.0279. The van der Waals surface area contributed by atoms with E-state index in [0.29, 0.717) is 22.9 Å². The summed E-state index contributed by atoms with van der Waals surface area (Å²) in [4.78, 5) is 11.9. The molecule has 0 heterocycles. The molecule has 4 heteroatoms. The third kappa shape index (κ3) is 4.26. The maximum absolute atomic E-state index is 11.9. The van der Waals surface area contributed by atoms with Gasteiger partial charge in [0, 0.05) is 22.2 Å². The first kappa shape index (κ1) is 14.9. The van der Waals surface area contributed by atoms with E-state index in [1.807, 2.05) is 37.3 Å². The molecule has 0 bridgehead atoms. The second-order valence-electron chi connectivity index (χ2n) is 4.65. The Morgan fingerprint density at radius 3 is 2.45 bits per heavy atom. The molecule has 0 fully saturated rings. The van der Waals surface area contributed by atoms with Gasteiger partial charge in [-0.15, -0.1) is 0 Å². The largest absolute Gasteiger partial charge is 0.326 e. The number of hydrogen-bond donors (Lipinski definition) is 1. The zero-order valence-corrected chi connectivity index (χ0v) is 12.6. The highest BCUT2D eigenvalue weighted by Crippen LogP contribution is 2.22. The van der Waals surface area contributed by atoms with Crippen molar-refractivity contribution in [2.45, 2.75) is 19.8 Å². The Morgan fingerprint density at radius 2 is 1.80 bits per heavy atom. The van der Waals surface area contributed by atoms with Gasteiger partial charge in [-0.1, -0.05) is 47.0 Å². The molecule has 2 aromatic rings. The third-order valence-electron chi connectivity index (χ3n) is 2.97. The average Bonchev–Trinajstić information content (AvgIpc) is 2.40. The molecule has 0 saturated carbocycles. The molecule has 2 rings (SSSR count). The molecule has 0 aliphatic rings. The number of aryl methyl sites for hydroxylation is 2. The number of amides is 1. The van der Waals surface area contributed by atoms with Crippen LogP contribution in [0, 0.1) is 6.92 Å². The number of anilines is 1. The Labute approximate surface area is 128 Å². The van der Waals surface area contributed by atoms with Crippen molar-refractivity contribution < 1.29 is 4.79 Å². The Hall–Kier alpha value is -1.51. The van der Waals surface area contributed by atoms with E-state index in [1.54, 1.807) is 12.1 Å². The molecule has 0 aromatic heterocycles. The van der Waals surface area contributed by atoms with Gasteiger partial charge in [0.05, 0.1) is 0 Å². The maximum Gasteiger partial charge on any atom is 0.224 e. The number of rotatable bonds is 4. The minimum Gasteiger partial charge on any atom is -0.326 e. The van der Waals surface area contributed by atoms with Crippen LogP contribution in [0.15, 0.2) is 42.5 Å². The fourth-order valence-electron chi connectivity index (χ4n) is 1.83. The van der Waals surface area contributed by atoms with Gasteiger partial charge in [0.25, 0.3) is 0 Å². The fourth-order valence-corrected chi connectivity index (χ4v) is 2.34. The summed E-state index contributed by atoms with van der Waals surface area (Å²) in [5, 5.41) is 4.06. The van der Waals surface area contributed by atoms with E-state index in [4.69, 9.17) is 23.2 Å². The van der Waals surface area contributed by atoms with Crippen molar-refractivity contribution >= 4 is 34.8 Å². The van der Waals surface area contributed by atoms with Gasteiger partial charge in [-0.2, -0.15) is 0 Å². The number of benzene rings is 2. The third-order valence-corrected chi connectivity index (χ3v) is 3.56. The van der Waals surface area contributed by atoms with Crippen LogP contribution in [0.2, 0.25) is 10.0 Å². The van der Waals surface area contributed by atoms with Crippen LogP contribution in [0.1, 0.15) is 17.5 Å². The Balaban J connectivity index is 1.90. The van der Waals surface area contributed by atoms with Crippen LogP contribution >= 0.6 is 23.2 Å². The zero-order valence-electron chi connectivity index (χ0n) is 11.1. The molecule has 2 aromatic carbocycles. The second-order valence-corrected chi connectivity index (χ2v) is 5.49. The molecule has 20 heavy (non-hydrogen) atoms. The number of nitrogens with one attached hydrogen (secondary N) is 1. The van der Waals surface area contributed by atoms with Crippen molar-refractivity contribution in [2.24, 2.45) is 0 Å².